The van der Waals surface area contributed by atoms with Gasteiger partial charge in [-0.15, -0.1) is 12.4 Å². The molecule has 0 spiro atoms. The molecule has 0 atom stereocenters. The molecular weight excluding hydrogens is 270 g/mol. The maximum Gasteiger partial charge on any atom is 0.119 e. The Bertz CT molecular complexity index is 400. The van der Waals surface area contributed by atoms with Crippen molar-refractivity contribution in [1.29, 1.82) is 0 Å². The van der Waals surface area contributed by atoms with Gasteiger partial charge in [0.2, 0.25) is 0 Å². The van der Waals surface area contributed by atoms with E-state index in [1.54, 1.807) is 5.57 Å². The van der Waals surface area contributed by atoms with Crippen LogP contribution in [0.3, 0.4) is 0 Å². The fourth-order valence-electron chi connectivity index (χ4n) is 2.48. The highest BCUT2D eigenvalue weighted by atomic mass is 35.5. The van der Waals surface area contributed by atoms with Gasteiger partial charge < -0.3 is 10.1 Å². The molecule has 20 heavy (non-hydrogen) atoms. The van der Waals surface area contributed by atoms with Crippen LogP contribution in [0.1, 0.15) is 44.6 Å². The van der Waals surface area contributed by atoms with Crippen LogP contribution in [0, 0.1) is 0 Å². The topological polar surface area (TPSA) is 21.3 Å². The quantitative estimate of drug-likeness (QED) is 0.591. The molecule has 2 rings (SSSR count). The van der Waals surface area contributed by atoms with Gasteiger partial charge in [-0.3, -0.25) is 0 Å². The predicted octanol–water partition coefficient (Wildman–Crippen LogP) is 4.49. The summed E-state index contributed by atoms with van der Waals surface area (Å²) < 4.78 is 5.44. The van der Waals surface area contributed by atoms with E-state index in [2.05, 4.69) is 23.5 Å². The number of hydrogen-bond acceptors (Lipinski definition) is 2. The Labute approximate surface area is 129 Å². The molecule has 1 aliphatic rings. The zero-order chi connectivity index (χ0) is 13.3. The van der Waals surface area contributed by atoms with Gasteiger partial charge in [0, 0.05) is 6.54 Å². The maximum atomic E-state index is 5.44. The van der Waals surface area contributed by atoms with Crippen molar-refractivity contribution in [3.63, 3.8) is 0 Å². The zero-order valence-corrected chi connectivity index (χ0v) is 13.2. The maximum absolute atomic E-state index is 5.44. The predicted molar refractivity (Wildman–Crippen MR) is 87.7 cm³/mol. The van der Waals surface area contributed by atoms with Crippen LogP contribution < -0.4 is 10.1 Å². The molecule has 1 N–H and O–H groups in total. The van der Waals surface area contributed by atoms with Crippen LogP contribution in [0.15, 0.2) is 35.9 Å². The van der Waals surface area contributed by atoms with E-state index in [9.17, 15) is 0 Å². The third kappa shape index (κ3) is 5.98. The fourth-order valence-corrected chi connectivity index (χ4v) is 2.48. The van der Waals surface area contributed by atoms with Gasteiger partial charge in [-0.2, -0.15) is 0 Å². The third-order valence-electron chi connectivity index (χ3n) is 3.57. The molecule has 0 unspecified atom stereocenters. The number of allylic oxidation sites excluding steroid dienone is 1. The number of ether oxygens (including phenoxy) is 1. The summed E-state index contributed by atoms with van der Waals surface area (Å²) in [5.74, 6) is 0.957. The molecule has 0 fully saturated rings. The highest BCUT2D eigenvalue weighted by molar-refractivity contribution is 5.85. The molecule has 0 amide bonds. The zero-order valence-electron chi connectivity index (χ0n) is 12.4. The van der Waals surface area contributed by atoms with Gasteiger partial charge in [-0.05, 0) is 63.3 Å². The van der Waals surface area contributed by atoms with Crippen molar-refractivity contribution in [2.45, 2.75) is 45.6 Å². The van der Waals surface area contributed by atoms with Crippen LogP contribution in [-0.2, 0) is 6.54 Å². The number of halogens is 1. The minimum atomic E-state index is 0. The number of rotatable bonds is 7. The summed E-state index contributed by atoms with van der Waals surface area (Å²) in [7, 11) is 0. The number of nitrogens with one attached hydrogen (secondary N) is 1. The highest BCUT2D eigenvalue weighted by Gasteiger charge is 2.02. The average Bonchev–Trinajstić information content (AvgIpc) is 2.47. The van der Waals surface area contributed by atoms with E-state index in [1.807, 2.05) is 19.1 Å². The molecule has 0 saturated carbocycles. The molecule has 0 saturated heterocycles. The van der Waals surface area contributed by atoms with Crippen LogP contribution in [-0.4, -0.2) is 13.2 Å². The molecule has 1 aliphatic carbocycles. The SMILES string of the molecule is CCOc1ccc(CNCCC2=CCCCC2)cc1.Cl. The Kier molecular flexibility index (Phi) is 8.40. The molecule has 3 heteroatoms. The van der Waals surface area contributed by atoms with Gasteiger partial charge in [-0.25, -0.2) is 0 Å². The molecule has 0 radical (unpaired) electrons. The summed E-state index contributed by atoms with van der Waals surface area (Å²) in [6.07, 6.45) is 8.99. The van der Waals surface area contributed by atoms with Crippen molar-refractivity contribution >= 4 is 12.4 Å². The lowest BCUT2D eigenvalue weighted by molar-refractivity contribution is 0.340. The summed E-state index contributed by atoms with van der Waals surface area (Å²) in [5, 5.41) is 3.52. The minimum absolute atomic E-state index is 0. The second-order valence-electron chi connectivity index (χ2n) is 5.11. The van der Waals surface area contributed by atoms with E-state index in [0.29, 0.717) is 0 Å². The summed E-state index contributed by atoms with van der Waals surface area (Å²) in [6.45, 7) is 4.76. The van der Waals surface area contributed by atoms with Crippen molar-refractivity contribution in [3.8, 4) is 5.75 Å². The monoisotopic (exact) mass is 295 g/mol. The van der Waals surface area contributed by atoms with Gasteiger partial charge in [0.15, 0.2) is 0 Å². The molecule has 1 aromatic carbocycles. The molecule has 0 heterocycles. The van der Waals surface area contributed by atoms with Gasteiger partial charge in [0.05, 0.1) is 6.61 Å². The van der Waals surface area contributed by atoms with E-state index in [4.69, 9.17) is 4.74 Å². The van der Waals surface area contributed by atoms with Crippen LogP contribution in [0.4, 0.5) is 0 Å². The van der Waals surface area contributed by atoms with Gasteiger partial charge in [0.25, 0.3) is 0 Å². The van der Waals surface area contributed by atoms with Gasteiger partial charge >= 0.3 is 0 Å². The fraction of sp³-hybridized carbons (Fsp3) is 0.529. The summed E-state index contributed by atoms with van der Waals surface area (Å²) in [6, 6.07) is 8.37. The second kappa shape index (κ2) is 9.84. The van der Waals surface area contributed by atoms with E-state index in [1.165, 1.54) is 37.7 Å². The standard InChI is InChI=1S/C17H25NO.ClH/c1-2-19-17-10-8-16(9-11-17)14-18-13-12-15-6-4-3-5-7-15;/h6,8-11,18H,2-5,7,12-14H2,1H3;1H. The molecule has 112 valence electrons. The lowest BCUT2D eigenvalue weighted by atomic mass is 9.97. The molecule has 2 nitrogen and oxygen atoms in total. The minimum Gasteiger partial charge on any atom is -0.494 e. The molecule has 0 aromatic heterocycles. The molecular formula is C17H26ClNO. The van der Waals surface area contributed by atoms with Crippen molar-refractivity contribution in [1.82, 2.24) is 5.32 Å². The van der Waals surface area contributed by atoms with E-state index >= 15 is 0 Å². The van der Waals surface area contributed by atoms with Crippen molar-refractivity contribution < 1.29 is 4.74 Å². The normalized spacial score (nSPS) is 14.3. The first kappa shape index (κ1) is 17.1. The Hall–Kier alpha value is -0.990. The van der Waals surface area contributed by atoms with E-state index in [0.717, 1.165) is 25.4 Å². The smallest absolute Gasteiger partial charge is 0.119 e. The second-order valence-corrected chi connectivity index (χ2v) is 5.11. The summed E-state index contributed by atoms with van der Waals surface area (Å²) in [4.78, 5) is 0. The van der Waals surface area contributed by atoms with E-state index < -0.39 is 0 Å². The summed E-state index contributed by atoms with van der Waals surface area (Å²) in [5.41, 5.74) is 2.96. The molecule has 1 aromatic rings. The van der Waals surface area contributed by atoms with Crippen LogP contribution in [0.2, 0.25) is 0 Å². The Morgan fingerprint density at radius 1 is 1.15 bits per heavy atom. The van der Waals surface area contributed by atoms with Crippen molar-refractivity contribution in [2.75, 3.05) is 13.2 Å². The van der Waals surface area contributed by atoms with Gasteiger partial charge in [0.1, 0.15) is 5.75 Å². The first-order chi connectivity index (χ1) is 9.38. The largest absolute Gasteiger partial charge is 0.494 e. The van der Waals surface area contributed by atoms with Crippen LogP contribution in [0.5, 0.6) is 5.75 Å². The Morgan fingerprint density at radius 3 is 2.60 bits per heavy atom. The molecule has 0 bridgehead atoms. The van der Waals surface area contributed by atoms with Crippen molar-refractivity contribution in [2.24, 2.45) is 0 Å². The number of benzene rings is 1. The lowest BCUT2D eigenvalue weighted by Gasteiger charge is -2.13. The highest BCUT2D eigenvalue weighted by Crippen LogP contribution is 2.19. The Morgan fingerprint density at radius 2 is 1.95 bits per heavy atom. The first-order valence-corrected chi connectivity index (χ1v) is 7.49. The number of hydrogen-bond donors (Lipinski definition) is 1. The lowest BCUT2D eigenvalue weighted by Crippen LogP contribution is -2.15. The third-order valence-corrected chi connectivity index (χ3v) is 3.57. The van der Waals surface area contributed by atoms with E-state index in [-0.39, 0.29) is 12.4 Å². The first-order valence-electron chi connectivity index (χ1n) is 7.49. The van der Waals surface area contributed by atoms with Crippen LogP contribution >= 0.6 is 12.4 Å². The summed E-state index contributed by atoms with van der Waals surface area (Å²) >= 11 is 0. The molecule has 0 aliphatic heterocycles. The Balaban J connectivity index is 0.00000200. The van der Waals surface area contributed by atoms with Crippen molar-refractivity contribution in [3.05, 3.63) is 41.5 Å². The van der Waals surface area contributed by atoms with Crippen LogP contribution in [0.25, 0.3) is 0 Å². The average molecular weight is 296 g/mol. The van der Waals surface area contributed by atoms with Gasteiger partial charge in [-0.1, -0.05) is 23.8 Å².